The number of amides is 1. The van der Waals surface area contributed by atoms with Gasteiger partial charge < -0.3 is 10.1 Å². The molecular weight excluding hydrogens is 274 g/mol. The first-order valence-electron chi connectivity index (χ1n) is 7.33. The molecule has 0 atom stereocenters. The summed E-state index contributed by atoms with van der Waals surface area (Å²) in [7, 11) is 0. The third kappa shape index (κ3) is 2.89. The van der Waals surface area contributed by atoms with Crippen LogP contribution in [0.15, 0.2) is 54.8 Å². The Morgan fingerprint density at radius 2 is 1.73 bits per heavy atom. The SMILES string of the molecule is CC(C)(C)O/C=C1/C(=O)Nc2ccc(-c3ccccc3)cc21. The van der Waals surface area contributed by atoms with E-state index in [4.69, 9.17) is 4.74 Å². The fraction of sp³-hybridized carbons (Fsp3) is 0.211. The minimum absolute atomic E-state index is 0.121. The number of benzene rings is 2. The van der Waals surface area contributed by atoms with Crippen molar-refractivity contribution in [2.45, 2.75) is 26.4 Å². The molecule has 0 aliphatic carbocycles. The molecule has 0 saturated heterocycles. The van der Waals surface area contributed by atoms with Crippen LogP contribution in [0.2, 0.25) is 0 Å². The zero-order valence-corrected chi connectivity index (χ0v) is 13.0. The van der Waals surface area contributed by atoms with E-state index in [1.54, 1.807) is 6.26 Å². The Morgan fingerprint density at radius 1 is 1.00 bits per heavy atom. The first-order valence-corrected chi connectivity index (χ1v) is 7.33. The molecule has 1 N–H and O–H groups in total. The van der Waals surface area contributed by atoms with E-state index < -0.39 is 0 Å². The zero-order valence-electron chi connectivity index (χ0n) is 13.0. The van der Waals surface area contributed by atoms with Gasteiger partial charge in [0, 0.05) is 11.3 Å². The van der Waals surface area contributed by atoms with Gasteiger partial charge in [-0.15, -0.1) is 0 Å². The van der Waals surface area contributed by atoms with Gasteiger partial charge >= 0.3 is 0 Å². The maximum absolute atomic E-state index is 12.1. The van der Waals surface area contributed by atoms with Gasteiger partial charge in [0.25, 0.3) is 5.91 Å². The Hall–Kier alpha value is -2.55. The summed E-state index contributed by atoms with van der Waals surface area (Å²) in [5.74, 6) is -0.121. The average Bonchev–Trinajstić information content (AvgIpc) is 2.80. The topological polar surface area (TPSA) is 38.3 Å². The highest BCUT2D eigenvalue weighted by Crippen LogP contribution is 2.35. The summed E-state index contributed by atoms with van der Waals surface area (Å²) in [4.78, 5) is 12.1. The second-order valence-corrected chi connectivity index (χ2v) is 6.34. The van der Waals surface area contributed by atoms with E-state index in [-0.39, 0.29) is 11.5 Å². The van der Waals surface area contributed by atoms with Crippen LogP contribution >= 0.6 is 0 Å². The van der Waals surface area contributed by atoms with E-state index in [1.165, 1.54) is 0 Å². The number of nitrogens with one attached hydrogen (secondary N) is 1. The Labute approximate surface area is 130 Å². The number of ether oxygens (including phenoxy) is 1. The summed E-state index contributed by atoms with van der Waals surface area (Å²) < 4.78 is 5.66. The number of carbonyl (C=O) groups is 1. The van der Waals surface area contributed by atoms with Crippen LogP contribution in [0, 0.1) is 0 Å². The van der Waals surface area contributed by atoms with Crippen LogP contribution in [0.25, 0.3) is 16.7 Å². The second kappa shape index (κ2) is 5.34. The lowest BCUT2D eigenvalue weighted by Crippen LogP contribution is -2.16. The number of fused-ring (bicyclic) bond motifs is 1. The third-order valence-electron chi connectivity index (χ3n) is 3.44. The fourth-order valence-electron chi connectivity index (χ4n) is 2.35. The predicted molar refractivity (Wildman–Crippen MR) is 89.3 cm³/mol. The number of hydrogen-bond acceptors (Lipinski definition) is 2. The first kappa shape index (κ1) is 14.4. The summed E-state index contributed by atoms with van der Waals surface area (Å²) in [6, 6.07) is 16.1. The molecule has 3 heteroatoms. The highest BCUT2D eigenvalue weighted by atomic mass is 16.5. The Balaban J connectivity index is 2.01. The van der Waals surface area contributed by atoms with Gasteiger partial charge in [-0.2, -0.15) is 0 Å². The molecule has 1 aliphatic rings. The summed E-state index contributed by atoms with van der Waals surface area (Å²) in [6.07, 6.45) is 1.57. The van der Waals surface area contributed by atoms with Crippen molar-refractivity contribution in [3.63, 3.8) is 0 Å². The van der Waals surface area contributed by atoms with Crippen molar-refractivity contribution in [2.24, 2.45) is 0 Å². The maximum Gasteiger partial charge on any atom is 0.259 e. The summed E-state index contributed by atoms with van der Waals surface area (Å²) in [5, 5.41) is 2.88. The molecule has 1 heterocycles. The molecule has 0 radical (unpaired) electrons. The normalized spacial score (nSPS) is 15.6. The fourth-order valence-corrected chi connectivity index (χ4v) is 2.35. The van der Waals surface area contributed by atoms with E-state index in [0.29, 0.717) is 5.57 Å². The first-order chi connectivity index (χ1) is 10.4. The maximum atomic E-state index is 12.1. The largest absolute Gasteiger partial charge is 0.495 e. The van der Waals surface area contributed by atoms with Crippen LogP contribution in [0.1, 0.15) is 26.3 Å². The predicted octanol–water partition coefficient (Wildman–Crippen LogP) is 4.46. The molecule has 0 aromatic heterocycles. The molecule has 0 spiro atoms. The van der Waals surface area contributed by atoms with Gasteiger partial charge in [0.05, 0.1) is 17.4 Å². The Kier molecular flexibility index (Phi) is 3.49. The monoisotopic (exact) mass is 293 g/mol. The molecule has 22 heavy (non-hydrogen) atoms. The summed E-state index contributed by atoms with van der Waals surface area (Å²) >= 11 is 0. The lowest BCUT2D eigenvalue weighted by molar-refractivity contribution is -0.110. The van der Waals surface area contributed by atoms with Crippen molar-refractivity contribution in [3.8, 4) is 11.1 Å². The molecule has 3 rings (SSSR count). The number of rotatable bonds is 2. The van der Waals surface area contributed by atoms with Crippen LogP contribution in [0.4, 0.5) is 5.69 Å². The van der Waals surface area contributed by atoms with Crippen molar-refractivity contribution in [2.75, 3.05) is 5.32 Å². The molecule has 0 bridgehead atoms. The van der Waals surface area contributed by atoms with E-state index in [2.05, 4.69) is 17.4 Å². The Morgan fingerprint density at radius 3 is 2.41 bits per heavy atom. The average molecular weight is 293 g/mol. The highest BCUT2D eigenvalue weighted by Gasteiger charge is 2.25. The van der Waals surface area contributed by atoms with Gasteiger partial charge in [-0.3, -0.25) is 4.79 Å². The zero-order chi connectivity index (χ0) is 15.7. The second-order valence-electron chi connectivity index (χ2n) is 6.34. The highest BCUT2D eigenvalue weighted by molar-refractivity contribution is 6.31. The van der Waals surface area contributed by atoms with E-state index in [9.17, 15) is 4.79 Å². The number of anilines is 1. The molecule has 1 amide bonds. The van der Waals surface area contributed by atoms with Crippen LogP contribution in [-0.2, 0) is 9.53 Å². The molecule has 0 unspecified atom stereocenters. The van der Waals surface area contributed by atoms with Gasteiger partial charge in [0.1, 0.15) is 0 Å². The van der Waals surface area contributed by atoms with E-state index in [1.807, 2.05) is 57.2 Å². The summed E-state index contributed by atoms with van der Waals surface area (Å²) in [6.45, 7) is 5.87. The van der Waals surface area contributed by atoms with Gasteiger partial charge in [-0.05, 0) is 44.0 Å². The van der Waals surface area contributed by atoms with E-state index in [0.717, 1.165) is 22.4 Å². The molecule has 0 saturated carbocycles. The van der Waals surface area contributed by atoms with Crippen molar-refractivity contribution < 1.29 is 9.53 Å². The number of carbonyl (C=O) groups excluding carboxylic acids is 1. The van der Waals surface area contributed by atoms with Gasteiger partial charge in [0.15, 0.2) is 0 Å². The molecule has 0 fully saturated rings. The molecule has 2 aromatic carbocycles. The third-order valence-corrected chi connectivity index (χ3v) is 3.44. The van der Waals surface area contributed by atoms with E-state index >= 15 is 0 Å². The minimum atomic E-state index is -0.326. The van der Waals surface area contributed by atoms with Crippen LogP contribution in [0.5, 0.6) is 0 Å². The lowest BCUT2D eigenvalue weighted by atomic mass is 10.00. The molecule has 3 nitrogen and oxygen atoms in total. The summed E-state index contributed by atoms with van der Waals surface area (Å²) in [5.41, 5.74) is 4.16. The minimum Gasteiger partial charge on any atom is -0.495 e. The van der Waals surface area contributed by atoms with Gasteiger partial charge in [0.2, 0.25) is 0 Å². The molecule has 1 aliphatic heterocycles. The smallest absolute Gasteiger partial charge is 0.259 e. The van der Waals surface area contributed by atoms with Crippen molar-refractivity contribution in [1.82, 2.24) is 0 Å². The Bertz CT molecular complexity index is 740. The molecule has 2 aromatic rings. The van der Waals surface area contributed by atoms with Crippen LogP contribution < -0.4 is 5.32 Å². The van der Waals surface area contributed by atoms with Gasteiger partial charge in [-0.1, -0.05) is 36.4 Å². The van der Waals surface area contributed by atoms with Crippen molar-refractivity contribution in [3.05, 3.63) is 60.4 Å². The molecule has 112 valence electrons. The van der Waals surface area contributed by atoms with Crippen molar-refractivity contribution >= 4 is 17.2 Å². The standard InChI is InChI=1S/C19H19NO2/c1-19(2,3)22-12-16-15-11-14(13-7-5-4-6-8-13)9-10-17(15)20-18(16)21/h4-12H,1-3H3,(H,20,21)/b16-12+. The van der Waals surface area contributed by atoms with Crippen LogP contribution in [0.3, 0.4) is 0 Å². The van der Waals surface area contributed by atoms with Crippen molar-refractivity contribution in [1.29, 1.82) is 0 Å². The van der Waals surface area contributed by atoms with Gasteiger partial charge in [-0.25, -0.2) is 0 Å². The lowest BCUT2D eigenvalue weighted by Gasteiger charge is -2.18. The molecular formula is C19H19NO2. The quantitative estimate of drug-likeness (QED) is 0.655. The van der Waals surface area contributed by atoms with Crippen LogP contribution in [-0.4, -0.2) is 11.5 Å². The number of hydrogen-bond donors (Lipinski definition) is 1.